The van der Waals surface area contributed by atoms with Crippen LogP contribution in [-0.2, 0) is 11.3 Å². The molecule has 0 bridgehead atoms. The number of carbonyl (C=O) groups excluding carboxylic acids is 1. The first-order valence-corrected chi connectivity index (χ1v) is 11.1. The summed E-state index contributed by atoms with van der Waals surface area (Å²) >= 11 is 3.48. The van der Waals surface area contributed by atoms with Crippen LogP contribution < -0.4 is 5.32 Å². The average Bonchev–Trinajstić information content (AvgIpc) is 3.04. The molecule has 0 unspecified atom stereocenters. The molecular formula is C27H22BrN3O. The van der Waals surface area contributed by atoms with Crippen LogP contribution in [0.3, 0.4) is 0 Å². The number of halogens is 1. The monoisotopic (exact) mass is 483 g/mol. The van der Waals surface area contributed by atoms with E-state index >= 15 is 0 Å². The molecule has 0 aliphatic heterocycles. The molecule has 4 rings (SSSR count). The van der Waals surface area contributed by atoms with Gasteiger partial charge < -0.3 is 9.88 Å². The average molecular weight is 484 g/mol. The van der Waals surface area contributed by atoms with Gasteiger partial charge in [-0.2, -0.15) is 5.26 Å². The molecule has 3 aromatic carbocycles. The van der Waals surface area contributed by atoms with Gasteiger partial charge in [0.05, 0.1) is 0 Å². The molecule has 158 valence electrons. The quantitative estimate of drug-likeness (QED) is 0.256. The zero-order chi connectivity index (χ0) is 22.7. The second-order valence-electron chi connectivity index (χ2n) is 7.72. The Morgan fingerprint density at radius 2 is 1.81 bits per heavy atom. The molecule has 0 spiro atoms. The van der Waals surface area contributed by atoms with Gasteiger partial charge in [-0.25, -0.2) is 0 Å². The zero-order valence-electron chi connectivity index (χ0n) is 17.9. The first kappa shape index (κ1) is 21.6. The highest BCUT2D eigenvalue weighted by Crippen LogP contribution is 2.29. The Labute approximate surface area is 195 Å². The van der Waals surface area contributed by atoms with Crippen LogP contribution in [0.5, 0.6) is 0 Å². The van der Waals surface area contributed by atoms with Crippen molar-refractivity contribution < 1.29 is 4.79 Å². The fraction of sp³-hybridized carbons (Fsp3) is 0.111. The maximum atomic E-state index is 12.8. The molecule has 0 radical (unpaired) electrons. The predicted octanol–water partition coefficient (Wildman–Crippen LogP) is 6.61. The molecule has 1 amide bonds. The predicted molar refractivity (Wildman–Crippen MR) is 133 cm³/mol. The van der Waals surface area contributed by atoms with Gasteiger partial charge in [-0.15, -0.1) is 0 Å². The van der Waals surface area contributed by atoms with Gasteiger partial charge >= 0.3 is 0 Å². The summed E-state index contributed by atoms with van der Waals surface area (Å²) in [6.07, 6.45) is 1.70. The minimum Gasteiger partial charge on any atom is -0.340 e. The van der Waals surface area contributed by atoms with Gasteiger partial charge in [0.25, 0.3) is 5.91 Å². The van der Waals surface area contributed by atoms with Crippen molar-refractivity contribution in [3.8, 4) is 6.07 Å². The second-order valence-corrected chi connectivity index (χ2v) is 8.64. The summed E-state index contributed by atoms with van der Waals surface area (Å²) in [4.78, 5) is 12.8. The van der Waals surface area contributed by atoms with E-state index in [1.165, 1.54) is 5.56 Å². The molecule has 32 heavy (non-hydrogen) atoms. The van der Waals surface area contributed by atoms with Gasteiger partial charge in [0.15, 0.2) is 0 Å². The maximum Gasteiger partial charge on any atom is 0.266 e. The molecule has 1 heterocycles. The molecule has 4 aromatic rings. The van der Waals surface area contributed by atoms with Crippen LogP contribution in [0.25, 0.3) is 17.0 Å². The molecule has 0 saturated heterocycles. The molecular weight excluding hydrogens is 462 g/mol. The zero-order valence-corrected chi connectivity index (χ0v) is 19.5. The Hall–Kier alpha value is -3.62. The van der Waals surface area contributed by atoms with Crippen LogP contribution >= 0.6 is 15.9 Å². The van der Waals surface area contributed by atoms with Gasteiger partial charge in [-0.3, -0.25) is 4.79 Å². The van der Waals surface area contributed by atoms with E-state index in [9.17, 15) is 10.1 Å². The Morgan fingerprint density at radius 3 is 2.53 bits per heavy atom. The number of fused-ring (bicyclic) bond motifs is 1. The van der Waals surface area contributed by atoms with Crippen molar-refractivity contribution in [2.45, 2.75) is 20.4 Å². The van der Waals surface area contributed by atoms with Crippen molar-refractivity contribution in [3.63, 3.8) is 0 Å². The summed E-state index contributed by atoms with van der Waals surface area (Å²) in [7, 11) is 0. The van der Waals surface area contributed by atoms with Crippen LogP contribution in [0, 0.1) is 25.2 Å². The van der Waals surface area contributed by atoms with Crippen molar-refractivity contribution in [1.29, 1.82) is 5.26 Å². The van der Waals surface area contributed by atoms with Gasteiger partial charge in [0, 0.05) is 38.9 Å². The number of aryl methyl sites for hydroxylation is 1. The maximum absolute atomic E-state index is 12.8. The second kappa shape index (κ2) is 9.25. The first-order chi connectivity index (χ1) is 15.5. The number of nitrogens with zero attached hydrogens (tertiary/aromatic N) is 2. The summed E-state index contributed by atoms with van der Waals surface area (Å²) in [5, 5.41) is 13.6. The van der Waals surface area contributed by atoms with Crippen molar-refractivity contribution >= 4 is 44.5 Å². The van der Waals surface area contributed by atoms with Crippen LogP contribution in [-0.4, -0.2) is 10.5 Å². The standard InChI is InChI=1S/C27H22BrN3O/c1-18-6-5-7-23(14-18)30-27(32)21(16-29)15-25-19(2)31(26-9-4-3-8-24(25)26)17-20-10-12-22(28)13-11-20/h3-15H,17H2,1-2H3,(H,30,32)/b21-15-. The lowest BCUT2D eigenvalue weighted by Gasteiger charge is -2.09. The number of amides is 1. The number of para-hydroxylation sites is 1. The molecule has 1 N–H and O–H groups in total. The third kappa shape index (κ3) is 4.51. The summed E-state index contributed by atoms with van der Waals surface area (Å²) in [6.45, 7) is 4.68. The van der Waals surface area contributed by atoms with Gasteiger partial charge in [-0.1, -0.05) is 58.4 Å². The Bertz CT molecular complexity index is 1370. The number of nitriles is 1. The number of carbonyl (C=O) groups is 1. The Kier molecular flexibility index (Phi) is 6.25. The number of rotatable bonds is 5. The fourth-order valence-corrected chi connectivity index (χ4v) is 4.09. The van der Waals surface area contributed by atoms with Crippen LogP contribution in [0.2, 0.25) is 0 Å². The SMILES string of the molecule is Cc1cccc(NC(=O)/C(C#N)=C\c2c(C)n(Cc3ccc(Br)cc3)c3ccccc23)c1. The highest BCUT2D eigenvalue weighted by molar-refractivity contribution is 9.10. The van der Waals surface area contributed by atoms with Crippen LogP contribution in [0.4, 0.5) is 5.69 Å². The highest BCUT2D eigenvalue weighted by atomic mass is 79.9. The lowest BCUT2D eigenvalue weighted by Crippen LogP contribution is -2.13. The van der Waals surface area contributed by atoms with Gasteiger partial charge in [-0.05, 0) is 61.4 Å². The topological polar surface area (TPSA) is 57.8 Å². The third-order valence-corrected chi connectivity index (χ3v) is 5.99. The minimum atomic E-state index is -0.415. The normalized spacial score (nSPS) is 11.4. The van der Waals surface area contributed by atoms with Gasteiger partial charge in [0.1, 0.15) is 11.6 Å². The lowest BCUT2D eigenvalue weighted by molar-refractivity contribution is -0.112. The molecule has 5 heteroatoms. The molecule has 0 aliphatic carbocycles. The summed E-state index contributed by atoms with van der Waals surface area (Å²) in [6, 6.07) is 25.9. The van der Waals surface area contributed by atoms with E-state index in [2.05, 4.69) is 50.1 Å². The number of hydrogen-bond donors (Lipinski definition) is 1. The van der Waals surface area contributed by atoms with Crippen LogP contribution in [0.15, 0.2) is 82.8 Å². The Balaban J connectivity index is 1.73. The molecule has 0 atom stereocenters. The summed E-state index contributed by atoms with van der Waals surface area (Å²) in [5.41, 5.74) is 5.91. The number of nitrogens with one attached hydrogen (secondary N) is 1. The van der Waals surface area contributed by atoms with E-state index in [0.29, 0.717) is 12.2 Å². The van der Waals surface area contributed by atoms with Gasteiger partial charge in [0.2, 0.25) is 0 Å². The van der Waals surface area contributed by atoms with E-state index in [1.807, 2.05) is 68.4 Å². The first-order valence-electron chi connectivity index (χ1n) is 10.3. The highest BCUT2D eigenvalue weighted by Gasteiger charge is 2.16. The van der Waals surface area contributed by atoms with E-state index in [4.69, 9.17) is 0 Å². The fourth-order valence-electron chi connectivity index (χ4n) is 3.83. The summed E-state index contributed by atoms with van der Waals surface area (Å²) in [5.74, 6) is -0.415. The number of aromatic nitrogens is 1. The van der Waals surface area contributed by atoms with Crippen molar-refractivity contribution in [3.05, 3.63) is 105 Å². The molecule has 0 saturated carbocycles. The van der Waals surface area contributed by atoms with Crippen molar-refractivity contribution in [2.24, 2.45) is 0 Å². The molecule has 0 aliphatic rings. The van der Waals surface area contributed by atoms with E-state index in [1.54, 1.807) is 6.08 Å². The molecule has 4 nitrogen and oxygen atoms in total. The van der Waals surface area contributed by atoms with Crippen molar-refractivity contribution in [2.75, 3.05) is 5.32 Å². The Morgan fingerprint density at radius 1 is 1.06 bits per heavy atom. The van der Waals surface area contributed by atoms with Crippen molar-refractivity contribution in [1.82, 2.24) is 4.57 Å². The van der Waals surface area contributed by atoms with E-state index in [0.717, 1.165) is 32.2 Å². The van der Waals surface area contributed by atoms with E-state index in [-0.39, 0.29) is 5.57 Å². The molecule has 0 fully saturated rings. The lowest BCUT2D eigenvalue weighted by atomic mass is 10.1. The third-order valence-electron chi connectivity index (χ3n) is 5.46. The number of hydrogen-bond acceptors (Lipinski definition) is 2. The van der Waals surface area contributed by atoms with E-state index < -0.39 is 5.91 Å². The number of anilines is 1. The minimum absolute atomic E-state index is 0.0705. The smallest absolute Gasteiger partial charge is 0.266 e. The van der Waals surface area contributed by atoms with Crippen LogP contribution in [0.1, 0.15) is 22.4 Å². The molecule has 1 aromatic heterocycles. The summed E-state index contributed by atoms with van der Waals surface area (Å²) < 4.78 is 3.26. The number of benzene rings is 3. The largest absolute Gasteiger partial charge is 0.340 e.